The van der Waals surface area contributed by atoms with Crippen molar-refractivity contribution < 1.29 is 4.74 Å². The molecule has 0 N–H and O–H groups in total. The zero-order valence-electron chi connectivity index (χ0n) is 13.7. The molecule has 2 aromatic rings. The van der Waals surface area contributed by atoms with Crippen molar-refractivity contribution >= 4 is 15.9 Å². The highest BCUT2D eigenvalue weighted by Crippen LogP contribution is 2.32. The van der Waals surface area contributed by atoms with Gasteiger partial charge in [0.05, 0.1) is 13.2 Å². The van der Waals surface area contributed by atoms with Gasteiger partial charge in [0.2, 0.25) is 0 Å². The first-order chi connectivity index (χ1) is 11.2. The number of methoxy groups -OCH3 is 1. The summed E-state index contributed by atoms with van der Waals surface area (Å²) in [5.41, 5.74) is 2.61. The molecule has 1 saturated heterocycles. The average Bonchev–Trinajstić information content (AvgIpc) is 2.59. The molecular formula is C19H23BrN2O. The van der Waals surface area contributed by atoms with Crippen molar-refractivity contribution in [3.8, 4) is 5.75 Å². The fourth-order valence-corrected chi connectivity index (χ4v) is 3.42. The minimum atomic E-state index is 0.270. The van der Waals surface area contributed by atoms with E-state index < -0.39 is 0 Å². The van der Waals surface area contributed by atoms with E-state index in [1.807, 2.05) is 6.07 Å². The maximum atomic E-state index is 5.43. The SMILES string of the molecule is COc1cccc(C(c2ccc(Br)cc2)N2CCN(C)CC2)c1. The van der Waals surface area contributed by atoms with Gasteiger partial charge in [-0.3, -0.25) is 4.90 Å². The first-order valence-electron chi connectivity index (χ1n) is 7.99. The first kappa shape index (κ1) is 16.5. The predicted octanol–water partition coefficient (Wildman–Crippen LogP) is 3.79. The van der Waals surface area contributed by atoms with E-state index in [-0.39, 0.29) is 6.04 Å². The fraction of sp³-hybridized carbons (Fsp3) is 0.368. The summed E-state index contributed by atoms with van der Waals surface area (Å²) in [4.78, 5) is 4.96. The number of benzene rings is 2. The van der Waals surface area contributed by atoms with E-state index in [1.54, 1.807) is 7.11 Å². The average molecular weight is 375 g/mol. The van der Waals surface area contributed by atoms with Crippen LogP contribution in [0.25, 0.3) is 0 Å². The van der Waals surface area contributed by atoms with Crippen LogP contribution >= 0.6 is 15.9 Å². The molecule has 3 nitrogen and oxygen atoms in total. The van der Waals surface area contributed by atoms with E-state index in [0.29, 0.717) is 0 Å². The number of piperazine rings is 1. The largest absolute Gasteiger partial charge is 0.497 e. The van der Waals surface area contributed by atoms with Crippen molar-refractivity contribution in [2.75, 3.05) is 40.3 Å². The topological polar surface area (TPSA) is 15.7 Å². The molecule has 1 atom stereocenters. The molecule has 4 heteroatoms. The zero-order valence-corrected chi connectivity index (χ0v) is 15.3. The van der Waals surface area contributed by atoms with Gasteiger partial charge in [-0.15, -0.1) is 0 Å². The molecule has 0 saturated carbocycles. The van der Waals surface area contributed by atoms with E-state index in [9.17, 15) is 0 Å². The molecule has 3 rings (SSSR count). The third kappa shape index (κ3) is 3.94. The Balaban J connectivity index is 1.96. The van der Waals surface area contributed by atoms with Crippen molar-refractivity contribution in [3.63, 3.8) is 0 Å². The molecule has 1 aliphatic heterocycles. The summed E-state index contributed by atoms with van der Waals surface area (Å²) in [5.74, 6) is 0.915. The Bertz CT molecular complexity index is 636. The Labute approximate surface area is 147 Å². The van der Waals surface area contributed by atoms with Crippen LogP contribution in [0.3, 0.4) is 0 Å². The third-order valence-electron chi connectivity index (χ3n) is 4.50. The molecule has 0 bridgehead atoms. The maximum Gasteiger partial charge on any atom is 0.119 e. The molecule has 2 aromatic carbocycles. The lowest BCUT2D eigenvalue weighted by Crippen LogP contribution is -2.46. The number of rotatable bonds is 4. The number of hydrogen-bond acceptors (Lipinski definition) is 3. The highest BCUT2D eigenvalue weighted by atomic mass is 79.9. The van der Waals surface area contributed by atoms with Gasteiger partial charge in [-0.2, -0.15) is 0 Å². The van der Waals surface area contributed by atoms with Crippen molar-refractivity contribution in [1.82, 2.24) is 9.80 Å². The van der Waals surface area contributed by atoms with Gasteiger partial charge in [-0.05, 0) is 42.4 Å². The number of ether oxygens (including phenoxy) is 1. The van der Waals surface area contributed by atoms with Crippen molar-refractivity contribution in [1.29, 1.82) is 0 Å². The summed E-state index contributed by atoms with van der Waals surface area (Å²) in [6, 6.07) is 17.4. The number of likely N-dealkylation sites (N-methyl/N-ethyl adjacent to an activating group) is 1. The van der Waals surface area contributed by atoms with E-state index in [0.717, 1.165) is 36.4 Å². The van der Waals surface area contributed by atoms with Crippen LogP contribution in [0, 0.1) is 0 Å². The standard InChI is InChI=1S/C19H23BrN2O/c1-21-10-12-22(13-11-21)19(15-6-8-17(20)9-7-15)16-4-3-5-18(14-16)23-2/h3-9,14,19H,10-13H2,1-2H3. The van der Waals surface area contributed by atoms with E-state index in [1.165, 1.54) is 11.1 Å². The van der Waals surface area contributed by atoms with Crippen molar-refractivity contribution in [3.05, 3.63) is 64.1 Å². The number of hydrogen-bond donors (Lipinski definition) is 0. The van der Waals surface area contributed by atoms with E-state index in [4.69, 9.17) is 4.74 Å². The molecule has 1 fully saturated rings. The van der Waals surface area contributed by atoms with E-state index in [2.05, 4.69) is 75.2 Å². The lowest BCUT2D eigenvalue weighted by Gasteiger charge is -2.38. The Morgan fingerprint density at radius 3 is 2.30 bits per heavy atom. The molecule has 23 heavy (non-hydrogen) atoms. The summed E-state index contributed by atoms with van der Waals surface area (Å²) in [7, 11) is 3.92. The molecule has 0 aliphatic carbocycles. The minimum Gasteiger partial charge on any atom is -0.497 e. The van der Waals surface area contributed by atoms with Crippen LogP contribution in [-0.2, 0) is 0 Å². The van der Waals surface area contributed by atoms with Gasteiger partial charge in [0.25, 0.3) is 0 Å². The molecule has 1 heterocycles. The number of nitrogens with zero attached hydrogens (tertiary/aromatic N) is 2. The van der Waals surface area contributed by atoms with Gasteiger partial charge in [0.1, 0.15) is 5.75 Å². The summed E-state index contributed by atoms with van der Waals surface area (Å²) in [6.07, 6.45) is 0. The monoisotopic (exact) mass is 374 g/mol. The Kier molecular flexibility index (Phi) is 5.36. The third-order valence-corrected chi connectivity index (χ3v) is 5.03. The van der Waals surface area contributed by atoms with Gasteiger partial charge < -0.3 is 9.64 Å². The Hall–Kier alpha value is -1.36. The molecule has 0 amide bonds. The zero-order chi connectivity index (χ0) is 16.2. The van der Waals surface area contributed by atoms with Crippen LogP contribution in [0.1, 0.15) is 17.2 Å². The van der Waals surface area contributed by atoms with Gasteiger partial charge in [-0.25, -0.2) is 0 Å². The highest BCUT2D eigenvalue weighted by molar-refractivity contribution is 9.10. The second-order valence-corrected chi connectivity index (χ2v) is 6.99. The van der Waals surface area contributed by atoms with Gasteiger partial charge in [0.15, 0.2) is 0 Å². The normalized spacial score (nSPS) is 17.9. The van der Waals surface area contributed by atoms with E-state index >= 15 is 0 Å². The van der Waals surface area contributed by atoms with Gasteiger partial charge in [-0.1, -0.05) is 40.2 Å². The molecule has 0 radical (unpaired) electrons. The van der Waals surface area contributed by atoms with Crippen molar-refractivity contribution in [2.45, 2.75) is 6.04 Å². The predicted molar refractivity (Wildman–Crippen MR) is 98.0 cm³/mol. The molecule has 1 unspecified atom stereocenters. The summed E-state index contributed by atoms with van der Waals surface area (Å²) in [6.45, 7) is 4.37. The van der Waals surface area contributed by atoms with Crippen LogP contribution in [0.15, 0.2) is 53.0 Å². The Morgan fingerprint density at radius 2 is 1.65 bits per heavy atom. The molecular weight excluding hydrogens is 352 g/mol. The van der Waals surface area contributed by atoms with Crippen LogP contribution in [0.2, 0.25) is 0 Å². The maximum absolute atomic E-state index is 5.43. The van der Waals surface area contributed by atoms with Gasteiger partial charge >= 0.3 is 0 Å². The van der Waals surface area contributed by atoms with Crippen LogP contribution in [-0.4, -0.2) is 50.1 Å². The highest BCUT2D eigenvalue weighted by Gasteiger charge is 2.25. The molecule has 0 aromatic heterocycles. The first-order valence-corrected chi connectivity index (χ1v) is 8.78. The summed E-state index contributed by atoms with van der Waals surface area (Å²) in [5, 5.41) is 0. The fourth-order valence-electron chi connectivity index (χ4n) is 3.15. The second kappa shape index (κ2) is 7.47. The minimum absolute atomic E-state index is 0.270. The smallest absolute Gasteiger partial charge is 0.119 e. The summed E-state index contributed by atoms with van der Waals surface area (Å²) >= 11 is 3.54. The van der Waals surface area contributed by atoms with Crippen LogP contribution < -0.4 is 4.74 Å². The molecule has 122 valence electrons. The Morgan fingerprint density at radius 1 is 0.957 bits per heavy atom. The van der Waals surface area contributed by atoms with Crippen LogP contribution in [0.5, 0.6) is 5.75 Å². The second-order valence-electron chi connectivity index (χ2n) is 6.07. The summed E-state index contributed by atoms with van der Waals surface area (Å²) < 4.78 is 6.54. The molecule has 0 spiro atoms. The quantitative estimate of drug-likeness (QED) is 0.809. The van der Waals surface area contributed by atoms with Crippen molar-refractivity contribution in [2.24, 2.45) is 0 Å². The lowest BCUT2D eigenvalue weighted by atomic mass is 9.96. The lowest BCUT2D eigenvalue weighted by molar-refractivity contribution is 0.127. The van der Waals surface area contributed by atoms with Crippen LogP contribution in [0.4, 0.5) is 0 Å². The van der Waals surface area contributed by atoms with Gasteiger partial charge in [0, 0.05) is 30.7 Å². The number of halogens is 1. The molecule has 1 aliphatic rings.